The molecule has 0 N–H and O–H groups in total. The third-order valence-corrected chi connectivity index (χ3v) is 5.81. The standard InChI is InChI=1S/C24H25N3O5/c1-3-32-20-9-5-4-8-19(20)26-23(28)21(17-10-12-18(13-11-17)27(30)31)22(24(26)29)25-14-6-7-16(2)15-25/h4-5,8-13,16H,3,6-7,14-15H2,1-2H3. The van der Waals surface area contributed by atoms with E-state index in [9.17, 15) is 19.7 Å². The van der Waals surface area contributed by atoms with E-state index in [0.717, 1.165) is 17.7 Å². The van der Waals surface area contributed by atoms with Crippen molar-refractivity contribution < 1.29 is 19.2 Å². The summed E-state index contributed by atoms with van der Waals surface area (Å²) in [5.41, 5.74) is 1.42. The van der Waals surface area contributed by atoms with Gasteiger partial charge in [0.1, 0.15) is 11.4 Å². The number of nitro benzene ring substituents is 1. The number of ether oxygens (including phenoxy) is 1. The van der Waals surface area contributed by atoms with Gasteiger partial charge in [0.05, 0.1) is 22.8 Å². The maximum atomic E-state index is 13.7. The second-order valence-corrected chi connectivity index (χ2v) is 8.07. The zero-order chi connectivity index (χ0) is 22.8. The Labute approximate surface area is 186 Å². The third kappa shape index (κ3) is 3.84. The van der Waals surface area contributed by atoms with Gasteiger partial charge in [-0.15, -0.1) is 0 Å². The van der Waals surface area contributed by atoms with Gasteiger partial charge in [-0.25, -0.2) is 4.90 Å². The average molecular weight is 435 g/mol. The highest BCUT2D eigenvalue weighted by Crippen LogP contribution is 2.39. The molecule has 0 aromatic heterocycles. The van der Waals surface area contributed by atoms with Crippen LogP contribution in [0.15, 0.2) is 54.2 Å². The quantitative estimate of drug-likeness (QED) is 0.387. The van der Waals surface area contributed by atoms with Crippen LogP contribution in [0.3, 0.4) is 0 Å². The van der Waals surface area contributed by atoms with Crippen molar-refractivity contribution in [3.63, 3.8) is 0 Å². The van der Waals surface area contributed by atoms with Gasteiger partial charge in [0.25, 0.3) is 17.5 Å². The number of piperidine rings is 1. The molecule has 2 amide bonds. The Morgan fingerprint density at radius 1 is 1.09 bits per heavy atom. The predicted octanol–water partition coefficient (Wildman–Crippen LogP) is 4.01. The molecule has 166 valence electrons. The molecule has 0 bridgehead atoms. The highest BCUT2D eigenvalue weighted by Gasteiger charge is 2.44. The lowest BCUT2D eigenvalue weighted by Gasteiger charge is -2.33. The van der Waals surface area contributed by atoms with Crippen molar-refractivity contribution in [1.82, 2.24) is 4.90 Å². The minimum Gasteiger partial charge on any atom is -0.492 e. The number of hydrogen-bond donors (Lipinski definition) is 0. The second kappa shape index (κ2) is 8.82. The number of non-ortho nitro benzene ring substituents is 1. The fraction of sp³-hybridized carbons (Fsp3) is 0.333. The van der Waals surface area contributed by atoms with Gasteiger partial charge < -0.3 is 9.64 Å². The van der Waals surface area contributed by atoms with E-state index in [1.54, 1.807) is 24.3 Å². The lowest BCUT2D eigenvalue weighted by Crippen LogP contribution is -2.39. The van der Waals surface area contributed by atoms with E-state index in [1.165, 1.54) is 24.3 Å². The summed E-state index contributed by atoms with van der Waals surface area (Å²) in [6.45, 7) is 5.71. The fourth-order valence-corrected chi connectivity index (χ4v) is 4.35. The van der Waals surface area contributed by atoms with Gasteiger partial charge in [-0.05, 0) is 55.5 Å². The molecule has 2 aromatic carbocycles. The molecule has 2 aromatic rings. The third-order valence-electron chi connectivity index (χ3n) is 5.81. The number of hydrogen-bond acceptors (Lipinski definition) is 6. The molecule has 2 aliphatic rings. The molecule has 1 saturated heterocycles. The zero-order valence-electron chi connectivity index (χ0n) is 18.1. The highest BCUT2D eigenvalue weighted by molar-refractivity contribution is 6.45. The minimum absolute atomic E-state index is 0.0715. The van der Waals surface area contributed by atoms with Crippen LogP contribution >= 0.6 is 0 Å². The summed E-state index contributed by atoms with van der Waals surface area (Å²) in [6, 6.07) is 12.7. The molecule has 0 radical (unpaired) electrons. The molecule has 2 aliphatic heterocycles. The molecule has 1 unspecified atom stereocenters. The molecule has 0 aliphatic carbocycles. The Bertz CT molecular complexity index is 1090. The van der Waals surface area contributed by atoms with E-state index >= 15 is 0 Å². The predicted molar refractivity (Wildman–Crippen MR) is 120 cm³/mol. The van der Waals surface area contributed by atoms with Crippen molar-refractivity contribution in [3.05, 3.63) is 69.9 Å². The van der Waals surface area contributed by atoms with E-state index in [1.807, 2.05) is 11.8 Å². The first-order valence-electron chi connectivity index (χ1n) is 10.8. The molecule has 0 saturated carbocycles. The summed E-state index contributed by atoms with van der Waals surface area (Å²) < 4.78 is 5.67. The Kier molecular flexibility index (Phi) is 5.94. The van der Waals surface area contributed by atoms with Crippen molar-refractivity contribution in [3.8, 4) is 5.75 Å². The van der Waals surface area contributed by atoms with Gasteiger partial charge in [0.2, 0.25) is 0 Å². The summed E-state index contributed by atoms with van der Waals surface area (Å²) in [6.07, 6.45) is 1.99. The first-order chi connectivity index (χ1) is 15.4. The molecule has 0 spiro atoms. The Morgan fingerprint density at radius 2 is 1.81 bits per heavy atom. The summed E-state index contributed by atoms with van der Waals surface area (Å²) in [5.74, 6) is -0.0103. The largest absolute Gasteiger partial charge is 0.492 e. The number of likely N-dealkylation sites (tertiary alicyclic amines) is 1. The molecular weight excluding hydrogens is 410 g/mol. The minimum atomic E-state index is -0.488. The lowest BCUT2D eigenvalue weighted by atomic mass is 9.97. The molecule has 8 nitrogen and oxygen atoms in total. The monoisotopic (exact) mass is 435 g/mol. The number of benzene rings is 2. The van der Waals surface area contributed by atoms with Crippen molar-refractivity contribution in [2.45, 2.75) is 26.7 Å². The number of nitrogens with zero attached hydrogens (tertiary/aromatic N) is 3. The van der Waals surface area contributed by atoms with Crippen molar-refractivity contribution in [1.29, 1.82) is 0 Å². The summed E-state index contributed by atoms with van der Waals surface area (Å²) in [7, 11) is 0. The molecule has 8 heteroatoms. The number of nitro groups is 1. The highest BCUT2D eigenvalue weighted by atomic mass is 16.6. The summed E-state index contributed by atoms with van der Waals surface area (Å²) >= 11 is 0. The van der Waals surface area contributed by atoms with E-state index < -0.39 is 16.7 Å². The maximum Gasteiger partial charge on any atom is 0.282 e. The molecule has 1 fully saturated rings. The van der Waals surface area contributed by atoms with Gasteiger partial charge >= 0.3 is 0 Å². The average Bonchev–Trinajstić information content (AvgIpc) is 3.04. The van der Waals surface area contributed by atoms with Crippen LogP contribution in [0, 0.1) is 16.0 Å². The number of rotatable bonds is 6. The van der Waals surface area contributed by atoms with Crippen LogP contribution in [0.5, 0.6) is 5.75 Å². The molecule has 1 atom stereocenters. The number of carbonyl (C=O) groups excluding carboxylic acids is 2. The Morgan fingerprint density at radius 3 is 2.47 bits per heavy atom. The van der Waals surface area contributed by atoms with Gasteiger partial charge in [-0.3, -0.25) is 19.7 Å². The van der Waals surface area contributed by atoms with Crippen LogP contribution in [0.2, 0.25) is 0 Å². The normalized spacial score (nSPS) is 19.0. The van der Waals surface area contributed by atoms with Crippen LogP contribution in [-0.4, -0.2) is 41.3 Å². The van der Waals surface area contributed by atoms with Gasteiger partial charge in [0.15, 0.2) is 0 Å². The molecule has 2 heterocycles. The van der Waals surface area contributed by atoms with E-state index in [0.29, 0.717) is 48.3 Å². The van der Waals surface area contributed by atoms with Crippen molar-refractivity contribution in [2.24, 2.45) is 5.92 Å². The summed E-state index contributed by atoms with van der Waals surface area (Å²) in [5, 5.41) is 11.1. The van der Waals surface area contributed by atoms with E-state index in [-0.39, 0.29) is 11.3 Å². The maximum absolute atomic E-state index is 13.7. The second-order valence-electron chi connectivity index (χ2n) is 8.07. The van der Waals surface area contributed by atoms with E-state index in [2.05, 4.69) is 6.92 Å². The SMILES string of the molecule is CCOc1ccccc1N1C(=O)C(c2ccc([N+](=O)[O-])cc2)=C(N2CCCC(C)C2)C1=O. The fourth-order valence-electron chi connectivity index (χ4n) is 4.35. The number of para-hydroxylation sites is 2. The van der Waals surface area contributed by atoms with Gasteiger partial charge in [0, 0.05) is 25.2 Å². The molecule has 32 heavy (non-hydrogen) atoms. The van der Waals surface area contributed by atoms with Gasteiger partial charge in [-0.2, -0.15) is 0 Å². The number of carbonyl (C=O) groups is 2. The number of amides is 2. The van der Waals surface area contributed by atoms with Crippen LogP contribution in [0.25, 0.3) is 5.57 Å². The number of imide groups is 1. The number of anilines is 1. The summed E-state index contributed by atoms with van der Waals surface area (Å²) in [4.78, 5) is 41.1. The first kappa shape index (κ1) is 21.5. The van der Waals surface area contributed by atoms with Crippen LogP contribution in [0.4, 0.5) is 11.4 Å². The van der Waals surface area contributed by atoms with Crippen LogP contribution in [-0.2, 0) is 9.59 Å². The Hall–Kier alpha value is -3.68. The van der Waals surface area contributed by atoms with Gasteiger partial charge in [-0.1, -0.05) is 19.1 Å². The van der Waals surface area contributed by atoms with Crippen molar-refractivity contribution in [2.75, 3.05) is 24.6 Å². The topological polar surface area (TPSA) is 93.0 Å². The van der Waals surface area contributed by atoms with E-state index in [4.69, 9.17) is 4.74 Å². The first-order valence-corrected chi connectivity index (χ1v) is 10.8. The molecule has 4 rings (SSSR count). The van der Waals surface area contributed by atoms with Crippen LogP contribution in [0.1, 0.15) is 32.3 Å². The molecular formula is C24H25N3O5. The zero-order valence-corrected chi connectivity index (χ0v) is 18.1. The Balaban J connectivity index is 1.83. The van der Waals surface area contributed by atoms with Crippen LogP contribution < -0.4 is 9.64 Å². The lowest BCUT2D eigenvalue weighted by molar-refractivity contribution is -0.384. The smallest absolute Gasteiger partial charge is 0.282 e. The van der Waals surface area contributed by atoms with Crippen molar-refractivity contribution >= 4 is 28.8 Å².